The molecule has 6 heteroatoms. The summed E-state index contributed by atoms with van der Waals surface area (Å²) in [7, 11) is 0. The van der Waals surface area contributed by atoms with Gasteiger partial charge in [-0.05, 0) is 18.2 Å². The van der Waals surface area contributed by atoms with Crippen LogP contribution in [0.25, 0.3) is 5.69 Å². The summed E-state index contributed by atoms with van der Waals surface area (Å²) in [5.41, 5.74) is 0.652. The van der Waals surface area contributed by atoms with Crippen LogP contribution in [-0.4, -0.2) is 25.8 Å². The van der Waals surface area contributed by atoms with Gasteiger partial charge in [0.1, 0.15) is 6.33 Å². The average Bonchev–Trinajstić information content (AvgIpc) is 2.65. The van der Waals surface area contributed by atoms with E-state index in [1.807, 2.05) is 6.07 Å². The van der Waals surface area contributed by atoms with Crippen LogP contribution in [0, 0.1) is 0 Å². The summed E-state index contributed by atoms with van der Waals surface area (Å²) in [6, 6.07) is 7.17. The van der Waals surface area contributed by atoms with Gasteiger partial charge in [-0.25, -0.2) is 14.5 Å². The molecule has 1 heterocycles. The third-order valence-electron chi connectivity index (χ3n) is 1.79. The monoisotopic (exact) mass is 267 g/mol. The van der Waals surface area contributed by atoms with E-state index in [4.69, 9.17) is 5.11 Å². The van der Waals surface area contributed by atoms with Gasteiger partial charge in [0.15, 0.2) is 0 Å². The summed E-state index contributed by atoms with van der Waals surface area (Å²) >= 11 is 3.30. The molecule has 1 aromatic heterocycles. The molecular weight excluding hydrogens is 262 g/mol. The number of halogens is 1. The maximum atomic E-state index is 10.8. The van der Waals surface area contributed by atoms with Crippen molar-refractivity contribution in [2.75, 3.05) is 0 Å². The van der Waals surface area contributed by atoms with Crippen molar-refractivity contribution >= 4 is 21.9 Å². The predicted octanol–water partition coefficient (Wildman–Crippen LogP) is 1.73. The van der Waals surface area contributed by atoms with Gasteiger partial charge in [0.25, 0.3) is 0 Å². The largest absolute Gasteiger partial charge is 0.475 e. The van der Waals surface area contributed by atoms with Crippen molar-refractivity contribution in [1.82, 2.24) is 14.8 Å². The van der Waals surface area contributed by atoms with Crippen LogP contribution in [0.5, 0.6) is 0 Å². The molecule has 0 aliphatic rings. The van der Waals surface area contributed by atoms with Crippen molar-refractivity contribution in [1.29, 1.82) is 0 Å². The second-order valence-corrected chi connectivity index (χ2v) is 3.70. The Kier molecular flexibility index (Phi) is 2.51. The lowest BCUT2D eigenvalue weighted by atomic mass is 10.3. The Labute approximate surface area is 93.5 Å². The van der Waals surface area contributed by atoms with E-state index in [2.05, 4.69) is 26.0 Å². The average molecular weight is 268 g/mol. The SMILES string of the molecule is O=C(O)c1ncnn1-c1cccc(Br)c1. The number of carbonyl (C=O) groups is 1. The maximum absolute atomic E-state index is 10.8. The molecule has 0 radical (unpaired) electrons. The molecule has 0 amide bonds. The van der Waals surface area contributed by atoms with Gasteiger partial charge in [-0.3, -0.25) is 0 Å². The van der Waals surface area contributed by atoms with Gasteiger partial charge in [-0.15, -0.1) is 0 Å². The zero-order valence-electron chi connectivity index (χ0n) is 7.46. The highest BCUT2D eigenvalue weighted by molar-refractivity contribution is 9.10. The minimum atomic E-state index is -1.10. The van der Waals surface area contributed by atoms with Crippen molar-refractivity contribution in [2.24, 2.45) is 0 Å². The van der Waals surface area contributed by atoms with Crippen LogP contribution in [-0.2, 0) is 0 Å². The van der Waals surface area contributed by atoms with E-state index in [1.54, 1.807) is 18.2 Å². The van der Waals surface area contributed by atoms with Crippen molar-refractivity contribution in [3.63, 3.8) is 0 Å². The minimum absolute atomic E-state index is 0.104. The lowest BCUT2D eigenvalue weighted by molar-refractivity contribution is 0.0680. The number of aromatic carboxylic acids is 1. The number of hydrogen-bond donors (Lipinski definition) is 1. The first-order valence-electron chi connectivity index (χ1n) is 4.08. The van der Waals surface area contributed by atoms with Crippen molar-refractivity contribution in [2.45, 2.75) is 0 Å². The van der Waals surface area contributed by atoms with Crippen LogP contribution in [0.4, 0.5) is 0 Å². The second-order valence-electron chi connectivity index (χ2n) is 2.78. The van der Waals surface area contributed by atoms with Gasteiger partial charge in [-0.1, -0.05) is 22.0 Å². The summed E-state index contributed by atoms with van der Waals surface area (Å²) in [4.78, 5) is 14.5. The van der Waals surface area contributed by atoms with Crippen LogP contribution in [0.2, 0.25) is 0 Å². The number of aromatic nitrogens is 3. The van der Waals surface area contributed by atoms with E-state index in [1.165, 1.54) is 11.0 Å². The molecule has 1 N–H and O–H groups in total. The predicted molar refractivity (Wildman–Crippen MR) is 56.0 cm³/mol. The van der Waals surface area contributed by atoms with Crippen LogP contribution >= 0.6 is 15.9 Å². The molecule has 0 spiro atoms. The molecule has 0 atom stereocenters. The number of benzene rings is 1. The van der Waals surface area contributed by atoms with Crippen LogP contribution in [0.15, 0.2) is 35.1 Å². The Morgan fingerprint density at radius 3 is 2.93 bits per heavy atom. The molecule has 0 saturated carbocycles. The first kappa shape index (κ1) is 9.85. The molecule has 2 rings (SSSR count). The first-order valence-corrected chi connectivity index (χ1v) is 4.87. The van der Waals surface area contributed by atoms with E-state index in [0.29, 0.717) is 5.69 Å². The third-order valence-corrected chi connectivity index (χ3v) is 2.29. The van der Waals surface area contributed by atoms with E-state index in [0.717, 1.165) is 4.47 Å². The summed E-state index contributed by atoms with van der Waals surface area (Å²) in [5.74, 6) is -1.21. The smallest absolute Gasteiger partial charge is 0.374 e. The second kappa shape index (κ2) is 3.82. The van der Waals surface area contributed by atoms with Crippen LogP contribution in [0.3, 0.4) is 0 Å². The van der Waals surface area contributed by atoms with E-state index in [9.17, 15) is 4.79 Å². The van der Waals surface area contributed by atoms with Gasteiger partial charge in [0.2, 0.25) is 5.82 Å². The third kappa shape index (κ3) is 1.89. The van der Waals surface area contributed by atoms with Crippen molar-refractivity contribution in [3.8, 4) is 5.69 Å². The summed E-state index contributed by atoms with van der Waals surface area (Å²) < 4.78 is 2.12. The number of carboxylic acid groups (broad SMARTS) is 1. The van der Waals surface area contributed by atoms with E-state index in [-0.39, 0.29) is 5.82 Å². The first-order chi connectivity index (χ1) is 7.18. The van der Waals surface area contributed by atoms with E-state index >= 15 is 0 Å². The van der Waals surface area contributed by atoms with Gasteiger partial charge in [-0.2, -0.15) is 5.10 Å². The highest BCUT2D eigenvalue weighted by atomic mass is 79.9. The van der Waals surface area contributed by atoms with Gasteiger partial charge in [0, 0.05) is 4.47 Å². The Bertz CT molecular complexity index is 510. The number of nitrogens with zero attached hydrogens (tertiary/aromatic N) is 3. The molecule has 5 nitrogen and oxygen atoms in total. The van der Waals surface area contributed by atoms with Gasteiger partial charge < -0.3 is 5.11 Å². The number of rotatable bonds is 2. The molecule has 0 fully saturated rings. The molecule has 2 aromatic rings. The lowest BCUT2D eigenvalue weighted by Gasteiger charge is -2.02. The number of carboxylic acids is 1. The highest BCUT2D eigenvalue weighted by Gasteiger charge is 2.13. The summed E-state index contributed by atoms with van der Waals surface area (Å²) in [5, 5.41) is 12.7. The van der Waals surface area contributed by atoms with E-state index < -0.39 is 5.97 Å². The fourth-order valence-electron chi connectivity index (χ4n) is 1.18. The van der Waals surface area contributed by atoms with Gasteiger partial charge in [0.05, 0.1) is 5.69 Å². The molecule has 76 valence electrons. The zero-order chi connectivity index (χ0) is 10.8. The lowest BCUT2D eigenvalue weighted by Crippen LogP contribution is -2.09. The van der Waals surface area contributed by atoms with Crippen LogP contribution in [0.1, 0.15) is 10.6 Å². The summed E-state index contributed by atoms with van der Waals surface area (Å²) in [6.07, 6.45) is 1.21. The topological polar surface area (TPSA) is 68.0 Å². The van der Waals surface area contributed by atoms with Crippen LogP contribution < -0.4 is 0 Å². The van der Waals surface area contributed by atoms with Gasteiger partial charge >= 0.3 is 5.97 Å². The Hall–Kier alpha value is -1.69. The molecule has 0 aliphatic carbocycles. The molecule has 0 aliphatic heterocycles. The Balaban J connectivity index is 2.54. The maximum Gasteiger partial charge on any atom is 0.374 e. The van der Waals surface area contributed by atoms with Crippen molar-refractivity contribution in [3.05, 3.63) is 40.9 Å². The quantitative estimate of drug-likeness (QED) is 0.900. The Morgan fingerprint density at radius 1 is 1.47 bits per heavy atom. The highest BCUT2D eigenvalue weighted by Crippen LogP contribution is 2.15. The summed E-state index contributed by atoms with van der Waals surface area (Å²) in [6.45, 7) is 0. The molecule has 1 aromatic carbocycles. The normalized spacial score (nSPS) is 10.2. The van der Waals surface area contributed by atoms with Crippen molar-refractivity contribution < 1.29 is 9.90 Å². The fraction of sp³-hybridized carbons (Fsp3) is 0. The number of hydrogen-bond acceptors (Lipinski definition) is 3. The zero-order valence-corrected chi connectivity index (χ0v) is 9.05. The molecule has 0 bridgehead atoms. The molecular formula is C9H6BrN3O2. The molecule has 0 saturated heterocycles. The molecule has 0 unspecified atom stereocenters. The standard InChI is InChI=1S/C9H6BrN3O2/c10-6-2-1-3-7(4-6)13-8(9(14)15)11-5-12-13/h1-5H,(H,14,15). The molecule has 15 heavy (non-hydrogen) atoms. The minimum Gasteiger partial charge on any atom is -0.475 e. The Morgan fingerprint density at radius 2 is 2.27 bits per heavy atom. The fourth-order valence-corrected chi connectivity index (χ4v) is 1.57.